The molecule has 0 amide bonds. The number of hydrogen-bond acceptors (Lipinski definition) is 5. The summed E-state index contributed by atoms with van der Waals surface area (Å²) in [6.45, 7) is 3.30. The maximum atomic E-state index is 11.8. The Labute approximate surface area is 92.4 Å². The van der Waals surface area contributed by atoms with E-state index in [0.29, 0.717) is 18.1 Å². The molecule has 80 valence electrons. The van der Waals surface area contributed by atoms with Gasteiger partial charge in [0, 0.05) is 5.88 Å². The van der Waals surface area contributed by atoms with Crippen LogP contribution in [0.15, 0.2) is 4.34 Å². The van der Waals surface area contributed by atoms with Crippen molar-refractivity contribution in [1.82, 2.24) is 9.36 Å². The monoisotopic (exact) mass is 254 g/mol. The Balaban J connectivity index is 2.96. The molecule has 7 heteroatoms. The van der Waals surface area contributed by atoms with Crippen LogP contribution < -0.4 is 0 Å². The lowest BCUT2D eigenvalue weighted by molar-refractivity contribution is 0.580. The molecule has 0 saturated carbocycles. The van der Waals surface area contributed by atoms with Crippen LogP contribution >= 0.6 is 23.1 Å². The molecule has 0 aromatic carbocycles. The first-order valence-corrected chi connectivity index (χ1v) is 6.94. The number of halogens is 1. The predicted molar refractivity (Wildman–Crippen MR) is 56.6 cm³/mol. The third kappa shape index (κ3) is 2.43. The number of nitrogens with zero attached hydrogens (tertiary/aromatic N) is 2. The zero-order chi connectivity index (χ0) is 10.8. The summed E-state index contributed by atoms with van der Waals surface area (Å²) in [5.74, 6) is 0.824. The van der Waals surface area contributed by atoms with E-state index in [1.165, 1.54) is 0 Å². The molecule has 1 aromatic rings. The van der Waals surface area contributed by atoms with Crippen molar-refractivity contribution in [3.63, 3.8) is 0 Å². The molecule has 0 radical (unpaired) electrons. The molecule has 1 atom stereocenters. The van der Waals surface area contributed by atoms with Crippen molar-refractivity contribution < 1.29 is 8.42 Å². The van der Waals surface area contributed by atoms with Gasteiger partial charge in [-0.3, -0.25) is 0 Å². The summed E-state index contributed by atoms with van der Waals surface area (Å²) in [5.41, 5.74) is 0. The minimum Gasteiger partial charge on any atom is -0.221 e. The van der Waals surface area contributed by atoms with Crippen molar-refractivity contribution in [2.75, 3.05) is 5.88 Å². The van der Waals surface area contributed by atoms with Gasteiger partial charge in [-0.05, 0) is 31.8 Å². The summed E-state index contributed by atoms with van der Waals surface area (Å²) in [7, 11) is -3.32. The van der Waals surface area contributed by atoms with E-state index < -0.39 is 15.1 Å². The average Bonchev–Trinajstić information content (AvgIpc) is 2.52. The highest BCUT2D eigenvalue weighted by atomic mass is 35.5. The van der Waals surface area contributed by atoms with Gasteiger partial charge in [-0.2, -0.15) is 4.37 Å². The molecule has 0 fully saturated rings. The second-order valence-electron chi connectivity index (χ2n) is 2.94. The van der Waals surface area contributed by atoms with Gasteiger partial charge in [-0.1, -0.05) is 0 Å². The normalized spacial score (nSPS) is 14.2. The van der Waals surface area contributed by atoms with Gasteiger partial charge in [0.15, 0.2) is 0 Å². The van der Waals surface area contributed by atoms with Gasteiger partial charge >= 0.3 is 0 Å². The number of sulfone groups is 1. The number of alkyl halides is 1. The van der Waals surface area contributed by atoms with Crippen LogP contribution in [0.1, 0.15) is 19.2 Å². The minimum atomic E-state index is -3.32. The van der Waals surface area contributed by atoms with Crippen LogP contribution in [0.3, 0.4) is 0 Å². The molecule has 0 N–H and O–H groups in total. The van der Waals surface area contributed by atoms with Crippen LogP contribution in [-0.2, 0) is 9.84 Å². The molecule has 0 aliphatic heterocycles. The number of rotatable bonds is 4. The first-order valence-electron chi connectivity index (χ1n) is 4.08. The van der Waals surface area contributed by atoms with Crippen LogP contribution in [0, 0.1) is 6.92 Å². The molecule has 1 heterocycles. The summed E-state index contributed by atoms with van der Waals surface area (Å²) in [6, 6.07) is 0. The van der Waals surface area contributed by atoms with Gasteiger partial charge in [0.2, 0.25) is 14.2 Å². The zero-order valence-corrected chi connectivity index (χ0v) is 10.3. The van der Waals surface area contributed by atoms with E-state index in [9.17, 15) is 8.42 Å². The fourth-order valence-corrected chi connectivity index (χ4v) is 3.81. The van der Waals surface area contributed by atoms with E-state index in [4.69, 9.17) is 11.6 Å². The van der Waals surface area contributed by atoms with E-state index in [1.807, 2.05) is 0 Å². The molecule has 0 aliphatic rings. The van der Waals surface area contributed by atoms with Crippen molar-refractivity contribution in [2.24, 2.45) is 0 Å². The van der Waals surface area contributed by atoms with Crippen LogP contribution in [0.5, 0.6) is 0 Å². The van der Waals surface area contributed by atoms with Crippen molar-refractivity contribution in [2.45, 2.75) is 29.9 Å². The summed E-state index contributed by atoms with van der Waals surface area (Å²) >= 11 is 6.42. The Hall–Kier alpha value is -0.200. The summed E-state index contributed by atoms with van der Waals surface area (Å²) in [5, 5.41) is -0.493. The molecule has 1 unspecified atom stereocenters. The summed E-state index contributed by atoms with van der Waals surface area (Å²) < 4.78 is 27.5. The quantitative estimate of drug-likeness (QED) is 0.767. The Morgan fingerprint density at radius 2 is 2.21 bits per heavy atom. The third-order valence-corrected chi connectivity index (χ3v) is 5.41. The lowest BCUT2D eigenvalue weighted by Gasteiger charge is -2.07. The second kappa shape index (κ2) is 4.55. The molecule has 0 spiro atoms. The van der Waals surface area contributed by atoms with E-state index >= 15 is 0 Å². The molecular weight excluding hydrogens is 244 g/mol. The molecule has 0 bridgehead atoms. The standard InChI is InChI=1S/C7H11ClN2O2S2/c1-5(3-4-8)14(11,12)7-9-6(2)10-13-7/h5H,3-4H2,1-2H3. The fourth-order valence-electron chi connectivity index (χ4n) is 0.875. The van der Waals surface area contributed by atoms with Gasteiger partial charge in [0.05, 0.1) is 5.25 Å². The summed E-state index contributed by atoms with van der Waals surface area (Å²) in [6.07, 6.45) is 0.433. The Bertz CT molecular complexity index is 402. The number of aromatic nitrogens is 2. The van der Waals surface area contributed by atoms with E-state index in [-0.39, 0.29) is 4.34 Å². The SMILES string of the molecule is Cc1nsc(S(=O)(=O)C(C)CCCl)n1. The van der Waals surface area contributed by atoms with E-state index in [2.05, 4.69) is 9.36 Å². The highest BCUT2D eigenvalue weighted by molar-refractivity contribution is 7.93. The first-order chi connectivity index (χ1) is 6.48. The fraction of sp³-hybridized carbons (Fsp3) is 0.714. The Kier molecular flexibility index (Phi) is 3.86. The van der Waals surface area contributed by atoms with Crippen LogP contribution in [0.2, 0.25) is 0 Å². The highest BCUT2D eigenvalue weighted by Crippen LogP contribution is 2.19. The van der Waals surface area contributed by atoms with E-state index in [1.54, 1.807) is 13.8 Å². The van der Waals surface area contributed by atoms with Crippen LogP contribution in [0.4, 0.5) is 0 Å². The second-order valence-corrected chi connectivity index (χ2v) is 6.61. The highest BCUT2D eigenvalue weighted by Gasteiger charge is 2.26. The molecule has 4 nitrogen and oxygen atoms in total. The Morgan fingerprint density at radius 3 is 2.64 bits per heavy atom. The molecule has 14 heavy (non-hydrogen) atoms. The maximum Gasteiger partial charge on any atom is 0.229 e. The predicted octanol–water partition coefficient (Wildman–Crippen LogP) is 1.64. The van der Waals surface area contributed by atoms with Crippen molar-refractivity contribution in [3.05, 3.63) is 5.82 Å². The molecule has 0 saturated heterocycles. The van der Waals surface area contributed by atoms with E-state index in [0.717, 1.165) is 11.5 Å². The molecule has 1 rings (SSSR count). The van der Waals surface area contributed by atoms with Crippen molar-refractivity contribution in [1.29, 1.82) is 0 Å². The molecular formula is C7H11ClN2O2S2. The zero-order valence-electron chi connectivity index (χ0n) is 7.90. The van der Waals surface area contributed by atoms with Crippen LogP contribution in [0.25, 0.3) is 0 Å². The molecule has 0 aliphatic carbocycles. The number of hydrogen-bond donors (Lipinski definition) is 0. The minimum absolute atomic E-state index is 0.0904. The van der Waals surface area contributed by atoms with Crippen molar-refractivity contribution >= 4 is 33.0 Å². The lowest BCUT2D eigenvalue weighted by Crippen LogP contribution is -2.18. The number of aryl methyl sites for hydroxylation is 1. The average molecular weight is 255 g/mol. The summed E-state index contributed by atoms with van der Waals surface area (Å²) in [4.78, 5) is 3.86. The largest absolute Gasteiger partial charge is 0.229 e. The van der Waals surface area contributed by atoms with Crippen LogP contribution in [-0.4, -0.2) is 28.9 Å². The lowest BCUT2D eigenvalue weighted by atomic mass is 10.4. The third-order valence-electron chi connectivity index (χ3n) is 1.80. The van der Waals surface area contributed by atoms with Gasteiger partial charge in [0.1, 0.15) is 5.82 Å². The van der Waals surface area contributed by atoms with Gasteiger partial charge in [0.25, 0.3) is 0 Å². The topological polar surface area (TPSA) is 59.9 Å². The maximum absolute atomic E-state index is 11.8. The van der Waals surface area contributed by atoms with Gasteiger partial charge < -0.3 is 0 Å². The Morgan fingerprint density at radius 1 is 1.57 bits per heavy atom. The van der Waals surface area contributed by atoms with Gasteiger partial charge in [-0.25, -0.2) is 13.4 Å². The van der Waals surface area contributed by atoms with Gasteiger partial charge in [-0.15, -0.1) is 11.6 Å². The van der Waals surface area contributed by atoms with Crippen molar-refractivity contribution in [3.8, 4) is 0 Å². The smallest absolute Gasteiger partial charge is 0.221 e. The first kappa shape index (κ1) is 11.9. The molecule has 1 aromatic heterocycles.